The van der Waals surface area contributed by atoms with E-state index in [9.17, 15) is 14.4 Å². The highest BCUT2D eigenvalue weighted by molar-refractivity contribution is 7.13. The van der Waals surface area contributed by atoms with Crippen LogP contribution in [0.4, 0.5) is 0 Å². The van der Waals surface area contributed by atoms with Crippen molar-refractivity contribution in [2.24, 2.45) is 0 Å². The minimum absolute atomic E-state index is 0.0599. The highest BCUT2D eigenvalue weighted by Gasteiger charge is 2.47. The predicted octanol–water partition coefficient (Wildman–Crippen LogP) is 2.28. The maximum Gasteiger partial charge on any atom is 0.253 e. The first-order valence-corrected chi connectivity index (χ1v) is 10.7. The minimum Gasteiger partial charge on any atom is -0.368 e. The number of likely N-dealkylation sites (tertiary alicyclic amines) is 1. The van der Waals surface area contributed by atoms with Crippen LogP contribution in [0.2, 0.25) is 0 Å². The molecule has 2 aliphatic heterocycles. The number of carbonyl (C=O) groups excluding carboxylic acids is 3. The number of rotatable bonds is 6. The molecule has 0 spiro atoms. The Morgan fingerprint density at radius 2 is 2.28 bits per heavy atom. The van der Waals surface area contributed by atoms with Gasteiger partial charge in [-0.2, -0.15) is 0 Å². The van der Waals surface area contributed by atoms with Crippen molar-refractivity contribution in [2.45, 2.75) is 44.4 Å². The zero-order valence-electron chi connectivity index (χ0n) is 16.2. The molecule has 0 aromatic carbocycles. The summed E-state index contributed by atoms with van der Waals surface area (Å²) in [4.78, 5) is 44.9. The topological polar surface area (TPSA) is 88.6 Å². The van der Waals surface area contributed by atoms with Gasteiger partial charge in [-0.3, -0.25) is 19.4 Å². The number of aromatic nitrogens is 1. The molecule has 2 fully saturated rings. The lowest BCUT2D eigenvalue weighted by molar-refractivity contribution is -0.138. The van der Waals surface area contributed by atoms with Crippen molar-refractivity contribution in [1.82, 2.24) is 15.2 Å². The van der Waals surface area contributed by atoms with Gasteiger partial charge in [-0.05, 0) is 30.4 Å². The van der Waals surface area contributed by atoms with Crippen molar-refractivity contribution in [1.29, 1.82) is 0 Å². The van der Waals surface area contributed by atoms with Gasteiger partial charge in [0.25, 0.3) is 5.91 Å². The third kappa shape index (κ3) is 3.95. The summed E-state index contributed by atoms with van der Waals surface area (Å²) in [5, 5.41) is 4.83. The van der Waals surface area contributed by atoms with Crippen LogP contribution in [-0.2, 0) is 14.3 Å². The van der Waals surface area contributed by atoms with Crippen LogP contribution in [0.25, 0.3) is 10.4 Å². The molecule has 3 atom stereocenters. The molecule has 8 heteroatoms. The van der Waals surface area contributed by atoms with E-state index in [0.717, 1.165) is 16.9 Å². The lowest BCUT2D eigenvalue weighted by Gasteiger charge is -2.27. The van der Waals surface area contributed by atoms with Crippen molar-refractivity contribution in [3.63, 3.8) is 0 Å². The quantitative estimate of drug-likeness (QED) is 0.785. The Morgan fingerprint density at radius 1 is 1.41 bits per heavy atom. The summed E-state index contributed by atoms with van der Waals surface area (Å²) in [6.45, 7) is 2.50. The Labute approximate surface area is 173 Å². The molecular weight excluding hydrogens is 390 g/mol. The number of hydrogen-bond acceptors (Lipinski definition) is 6. The normalized spacial score (nSPS) is 21.8. The van der Waals surface area contributed by atoms with Crippen LogP contribution in [0.5, 0.6) is 0 Å². The Kier molecular flexibility index (Phi) is 5.73. The average Bonchev–Trinajstić information content (AvgIpc) is 3.47. The molecule has 0 bridgehead atoms. The molecule has 1 N–H and O–H groups in total. The predicted molar refractivity (Wildman–Crippen MR) is 109 cm³/mol. The molecule has 2 saturated heterocycles. The van der Waals surface area contributed by atoms with Gasteiger partial charge in [0.2, 0.25) is 5.91 Å². The van der Waals surface area contributed by atoms with Crippen molar-refractivity contribution >= 4 is 28.9 Å². The van der Waals surface area contributed by atoms with E-state index in [4.69, 9.17) is 4.74 Å². The molecule has 2 aliphatic rings. The third-order valence-electron chi connectivity index (χ3n) is 5.38. The van der Waals surface area contributed by atoms with Gasteiger partial charge in [0, 0.05) is 29.4 Å². The van der Waals surface area contributed by atoms with E-state index >= 15 is 0 Å². The van der Waals surface area contributed by atoms with E-state index in [1.54, 1.807) is 28.5 Å². The molecule has 29 heavy (non-hydrogen) atoms. The summed E-state index contributed by atoms with van der Waals surface area (Å²) >= 11 is 1.57. The molecule has 3 unspecified atom stereocenters. The Morgan fingerprint density at radius 3 is 3.03 bits per heavy atom. The summed E-state index contributed by atoms with van der Waals surface area (Å²) in [5.41, 5.74) is 1.27. The molecular formula is C21H23N3O4S. The molecule has 4 heterocycles. The fourth-order valence-corrected chi connectivity index (χ4v) is 4.68. The second-order valence-electron chi connectivity index (χ2n) is 7.34. The summed E-state index contributed by atoms with van der Waals surface area (Å²) in [6.07, 6.45) is 4.90. The van der Waals surface area contributed by atoms with E-state index in [2.05, 4.69) is 10.3 Å². The highest BCUT2D eigenvalue weighted by atomic mass is 32.1. The summed E-state index contributed by atoms with van der Waals surface area (Å²) < 4.78 is 5.47. The Balaban J connectivity index is 1.49. The minimum atomic E-state index is -0.676. The SMILES string of the molecule is CCCC(NC(=O)c1cncc(-c2cccs2)c1)C(=O)N1CCC2OCC(=O)C21. The van der Waals surface area contributed by atoms with Crippen molar-refractivity contribution in [2.75, 3.05) is 13.2 Å². The smallest absolute Gasteiger partial charge is 0.253 e. The number of amides is 2. The molecule has 2 amide bonds. The van der Waals surface area contributed by atoms with Gasteiger partial charge >= 0.3 is 0 Å². The number of pyridine rings is 1. The fraction of sp³-hybridized carbons (Fsp3) is 0.429. The molecule has 2 aromatic heterocycles. The van der Waals surface area contributed by atoms with E-state index in [1.807, 2.05) is 24.4 Å². The van der Waals surface area contributed by atoms with Crippen LogP contribution in [-0.4, -0.2) is 58.8 Å². The molecule has 0 radical (unpaired) electrons. The fourth-order valence-electron chi connectivity index (χ4n) is 3.97. The summed E-state index contributed by atoms with van der Waals surface area (Å²) in [5.74, 6) is -0.614. The largest absolute Gasteiger partial charge is 0.368 e. The van der Waals surface area contributed by atoms with Gasteiger partial charge in [-0.15, -0.1) is 11.3 Å². The lowest BCUT2D eigenvalue weighted by atomic mass is 10.1. The van der Waals surface area contributed by atoms with Crippen molar-refractivity contribution < 1.29 is 19.1 Å². The Bertz CT molecular complexity index is 914. The van der Waals surface area contributed by atoms with Crippen molar-refractivity contribution in [3.8, 4) is 10.4 Å². The maximum absolute atomic E-state index is 13.1. The number of thiophene rings is 1. The Hall–Kier alpha value is -2.58. The average molecular weight is 413 g/mol. The molecule has 7 nitrogen and oxygen atoms in total. The lowest BCUT2D eigenvalue weighted by Crippen LogP contribution is -2.52. The van der Waals surface area contributed by atoms with Gasteiger partial charge in [0.15, 0.2) is 5.78 Å². The summed E-state index contributed by atoms with van der Waals surface area (Å²) in [7, 11) is 0. The van der Waals surface area contributed by atoms with Gasteiger partial charge in [-0.25, -0.2) is 0 Å². The number of nitrogens with one attached hydrogen (secondary N) is 1. The number of carbonyl (C=O) groups is 3. The van der Waals surface area contributed by atoms with Gasteiger partial charge in [0.05, 0.1) is 11.7 Å². The van der Waals surface area contributed by atoms with Crippen LogP contribution in [0.15, 0.2) is 36.0 Å². The second kappa shape index (κ2) is 8.42. The van der Waals surface area contributed by atoms with E-state index in [0.29, 0.717) is 24.9 Å². The number of nitrogens with zero attached hydrogens (tertiary/aromatic N) is 2. The van der Waals surface area contributed by atoms with Gasteiger partial charge in [-0.1, -0.05) is 19.4 Å². The zero-order valence-corrected chi connectivity index (χ0v) is 17.0. The van der Waals surface area contributed by atoms with E-state index < -0.39 is 12.1 Å². The number of ketones is 1. The number of ether oxygens (including phenoxy) is 1. The zero-order chi connectivity index (χ0) is 20.4. The molecule has 4 rings (SSSR count). The summed E-state index contributed by atoms with van der Waals surface area (Å²) in [6, 6.07) is 4.51. The standard InChI is InChI=1S/C21H23N3O4S/c1-2-4-15(21(27)24-7-6-17-19(24)16(25)12-28-17)23-20(26)14-9-13(10-22-11-14)18-5-3-8-29-18/h3,5,8-11,15,17,19H,2,4,6-7,12H2,1H3,(H,23,26). The van der Waals surface area contributed by atoms with E-state index in [1.165, 1.54) is 6.20 Å². The van der Waals surface area contributed by atoms with Gasteiger partial charge in [0.1, 0.15) is 18.7 Å². The van der Waals surface area contributed by atoms with Crippen LogP contribution < -0.4 is 5.32 Å². The van der Waals surface area contributed by atoms with Crippen molar-refractivity contribution in [3.05, 3.63) is 41.5 Å². The number of hydrogen-bond donors (Lipinski definition) is 1. The first kappa shape index (κ1) is 19.7. The molecule has 2 aromatic rings. The van der Waals surface area contributed by atoms with Gasteiger partial charge < -0.3 is 15.0 Å². The first-order chi connectivity index (χ1) is 14.1. The second-order valence-corrected chi connectivity index (χ2v) is 8.28. The highest BCUT2D eigenvalue weighted by Crippen LogP contribution is 2.28. The van der Waals surface area contributed by atoms with Crippen LogP contribution >= 0.6 is 11.3 Å². The first-order valence-electron chi connectivity index (χ1n) is 9.83. The third-order valence-corrected chi connectivity index (χ3v) is 6.30. The number of Topliss-reactive ketones (excluding diaryl/α,β-unsaturated/α-hetero) is 1. The van der Waals surface area contributed by atoms with E-state index in [-0.39, 0.29) is 30.3 Å². The molecule has 0 aliphatic carbocycles. The monoisotopic (exact) mass is 413 g/mol. The number of fused-ring (bicyclic) bond motifs is 1. The van der Waals surface area contributed by atoms with Crippen LogP contribution in [0, 0.1) is 0 Å². The molecule has 152 valence electrons. The van der Waals surface area contributed by atoms with Crippen LogP contribution in [0.1, 0.15) is 36.5 Å². The molecule has 0 saturated carbocycles. The maximum atomic E-state index is 13.1. The van der Waals surface area contributed by atoms with Crippen LogP contribution in [0.3, 0.4) is 0 Å².